The van der Waals surface area contributed by atoms with Gasteiger partial charge >= 0.3 is 0 Å². The third kappa shape index (κ3) is 37.7. The molecule has 25 heteroatoms. The largest absolute Gasteiger partial charge is 0.359 e. The van der Waals surface area contributed by atoms with Crippen LogP contribution >= 0.6 is 45.3 Å². The number of Topliss-reactive ketones (excluding diaryl/α,β-unsaturated/α-hetero) is 3. The van der Waals surface area contributed by atoms with Crippen LogP contribution in [-0.4, -0.2) is 121 Å². The predicted molar refractivity (Wildman–Crippen MR) is 545 cm³/mol. The topological polar surface area (TPSA) is 317 Å². The quantitative estimate of drug-likeness (QED) is 0.0221. The number of nitrogens with zero attached hydrogens (tertiary/aromatic N) is 4. The standard InChI is InChI=1S/C28H40N2O3S.C27H38N2O3S.C26H37N3O3S.C26H36N2O3S/c1-7-10-23(32)15-21(28(33)30-24(19(6)8-2)14-12-22(31)9-3)17-27-29-25-13-11-20(18(4)5)16-26(25)34-27;1-7-18(6)23(13-11-21(30)8-2)29-27(32)20(14-22(31)9-3)16-26-28-24-12-10-19(17(4)5)15-25(24)33-26;1-7-17(5)21(12-10-20(30)8-2)29-26(32)19(14-24(31)27-6)15-25-28-22-11-9-18(16(3)4)13-23(22)33-25;1-7-17(5)22(12-10-21(30)8-2)28-26(31)20(13-18(6)29)15-25-27-23-11-9-19(16(3)4)14-24(23)32-25/h9,11,13,16,18-19,21,24H,3,7-8,10,12,14-15,17H2,1-2,4-6H3,(H,30,33);8,10,12,15,17-18,20,23H,2,7,9,11,13-14,16H2,1,3-6H3,(H,29,32);8-9,11,13,16-17,19,21H,2,7,10,12,14-15H2,1,3-6H3,(H,27,31)(H,29,32);8-9,11,14,16-17,20,22H,2,7,10,12-13,15H2,1,3-6H3,(H,28,31)/t19-,21-,24+;18-,20-,23+;17-,19-,21+;17-,20-,22+/m0000/s1. The third-order valence-corrected chi connectivity index (χ3v) is 29.3. The third-order valence-electron chi connectivity index (χ3n) is 25.1. The predicted octanol–water partition coefficient (Wildman–Crippen LogP) is 22.8. The highest BCUT2D eigenvalue weighted by molar-refractivity contribution is 7.19. The number of thiazole rings is 4. The van der Waals surface area contributed by atoms with Crippen LogP contribution in [0, 0.1) is 47.3 Å². The van der Waals surface area contributed by atoms with Crippen molar-refractivity contribution in [2.45, 2.75) is 327 Å². The Hall–Kier alpha value is -9.56. The number of nitrogens with one attached hydrogen (secondary N) is 5. The highest BCUT2D eigenvalue weighted by atomic mass is 32.1. The summed E-state index contributed by atoms with van der Waals surface area (Å²) in [5, 5.41) is 18.7. The van der Waals surface area contributed by atoms with Crippen molar-refractivity contribution in [2.75, 3.05) is 7.05 Å². The highest BCUT2D eigenvalue weighted by Gasteiger charge is 2.33. The molecular formula is C107H151N9O12S4. The second-order valence-corrected chi connectivity index (χ2v) is 41.2. The van der Waals surface area contributed by atoms with Crippen LogP contribution in [0.3, 0.4) is 0 Å². The zero-order valence-electron chi connectivity index (χ0n) is 82.4. The molecule has 0 radical (unpaired) electrons. The van der Waals surface area contributed by atoms with Gasteiger partial charge in [-0.2, -0.15) is 0 Å². The van der Waals surface area contributed by atoms with Crippen LogP contribution in [0.15, 0.2) is 123 Å². The first-order valence-electron chi connectivity index (χ1n) is 47.8. The summed E-state index contributed by atoms with van der Waals surface area (Å²) in [6.07, 6.45) is 16.6. The number of benzene rings is 4. The van der Waals surface area contributed by atoms with Gasteiger partial charge in [-0.3, -0.25) is 52.7 Å². The Morgan fingerprint density at radius 3 is 0.795 bits per heavy atom. The summed E-state index contributed by atoms with van der Waals surface area (Å²) >= 11 is 6.37. The maximum absolute atomic E-state index is 13.4. The van der Waals surface area contributed by atoms with Crippen molar-refractivity contribution in [3.05, 3.63) is 166 Å². The van der Waals surface area contributed by atoms with Crippen molar-refractivity contribution in [2.24, 2.45) is 47.3 Å². The van der Waals surface area contributed by atoms with E-state index in [4.69, 9.17) is 19.9 Å². The van der Waals surface area contributed by atoms with Gasteiger partial charge in [-0.25, -0.2) is 19.9 Å². The number of fused-ring (bicyclic) bond motifs is 4. The summed E-state index contributed by atoms with van der Waals surface area (Å²) in [5.74, 6) is 0.00653. The zero-order chi connectivity index (χ0) is 98.2. The zero-order valence-corrected chi connectivity index (χ0v) is 85.7. The average molecular weight is 1880 g/mol. The van der Waals surface area contributed by atoms with Gasteiger partial charge in [0.05, 0.1) is 84.6 Å². The fourth-order valence-corrected chi connectivity index (χ4v) is 19.7. The van der Waals surface area contributed by atoms with Gasteiger partial charge in [0.1, 0.15) is 17.3 Å². The number of carbonyl (C=O) groups excluding carboxylic acids is 12. The van der Waals surface area contributed by atoms with Gasteiger partial charge in [0.2, 0.25) is 29.5 Å². The Morgan fingerprint density at radius 2 is 0.583 bits per heavy atom. The number of ketones is 7. The summed E-state index contributed by atoms with van der Waals surface area (Å²) in [6.45, 7) is 53.3. The molecular weight excluding hydrogens is 1730 g/mol. The van der Waals surface area contributed by atoms with Gasteiger partial charge in [0.25, 0.3) is 0 Å². The van der Waals surface area contributed by atoms with Crippen LogP contribution in [-0.2, 0) is 83.2 Å². The van der Waals surface area contributed by atoms with Gasteiger partial charge < -0.3 is 31.4 Å². The maximum Gasteiger partial charge on any atom is 0.224 e. The number of rotatable bonds is 55. The lowest BCUT2D eigenvalue weighted by molar-refractivity contribution is -0.131. The lowest BCUT2D eigenvalue weighted by Gasteiger charge is -2.26. The molecule has 8 rings (SSSR count). The molecule has 0 unspecified atom stereocenters. The molecule has 0 spiro atoms. The lowest BCUT2D eigenvalue weighted by Crippen LogP contribution is -2.44. The van der Waals surface area contributed by atoms with E-state index in [1.54, 1.807) is 52.4 Å². The van der Waals surface area contributed by atoms with Crippen LogP contribution in [0.5, 0.6) is 0 Å². The van der Waals surface area contributed by atoms with E-state index in [2.05, 4.69) is 212 Å². The first kappa shape index (κ1) is 113. The Morgan fingerprint density at radius 1 is 0.341 bits per heavy atom. The monoisotopic (exact) mass is 1880 g/mol. The second kappa shape index (κ2) is 57.9. The number of hydrogen-bond donors (Lipinski definition) is 5. The molecule has 132 heavy (non-hydrogen) atoms. The fourth-order valence-electron chi connectivity index (χ4n) is 15.3. The van der Waals surface area contributed by atoms with E-state index in [1.165, 1.54) is 53.5 Å². The molecule has 0 aliphatic rings. The Kier molecular flexibility index (Phi) is 49.5. The maximum atomic E-state index is 13.4. The molecule has 0 aliphatic carbocycles. The summed E-state index contributed by atoms with van der Waals surface area (Å²) in [7, 11) is 1.57. The Balaban J connectivity index is 0.000000311. The fraction of sp³-hybridized carbons (Fsp3) is 0.551. The van der Waals surface area contributed by atoms with E-state index in [9.17, 15) is 57.5 Å². The van der Waals surface area contributed by atoms with Crippen molar-refractivity contribution in [3.8, 4) is 0 Å². The molecule has 5 N–H and O–H groups in total. The molecule has 12 atom stereocenters. The van der Waals surface area contributed by atoms with Gasteiger partial charge in [-0.1, -0.05) is 201 Å². The molecule has 0 fully saturated rings. The number of amides is 5. The molecule has 8 aromatic rings. The van der Waals surface area contributed by atoms with Gasteiger partial charge in [0, 0.05) is 121 Å². The summed E-state index contributed by atoms with van der Waals surface area (Å²) in [5.41, 5.74) is 8.75. The number of carbonyl (C=O) groups is 12. The van der Waals surface area contributed by atoms with Gasteiger partial charge in [-0.05, 0) is 181 Å². The van der Waals surface area contributed by atoms with Crippen molar-refractivity contribution in [1.82, 2.24) is 46.5 Å². The first-order valence-corrected chi connectivity index (χ1v) is 51.1. The van der Waals surface area contributed by atoms with E-state index in [-0.39, 0.29) is 144 Å². The number of allylic oxidation sites excluding steroid dienone is 4. The molecule has 4 heterocycles. The molecule has 4 aromatic heterocycles. The summed E-state index contributed by atoms with van der Waals surface area (Å²) < 4.78 is 4.42. The van der Waals surface area contributed by atoms with Crippen molar-refractivity contribution in [1.29, 1.82) is 0 Å². The van der Waals surface area contributed by atoms with Crippen LogP contribution in [0.25, 0.3) is 40.9 Å². The molecule has 21 nitrogen and oxygen atoms in total. The molecule has 5 amide bonds. The second-order valence-electron chi connectivity index (χ2n) is 36.8. The van der Waals surface area contributed by atoms with Gasteiger partial charge in [-0.15, -0.1) is 45.3 Å². The van der Waals surface area contributed by atoms with Crippen molar-refractivity contribution >= 4 is 156 Å². The van der Waals surface area contributed by atoms with E-state index >= 15 is 0 Å². The molecule has 0 saturated carbocycles. The molecule has 0 saturated heterocycles. The lowest BCUT2D eigenvalue weighted by atomic mass is 9.91. The Bertz CT molecular complexity index is 5030. The minimum Gasteiger partial charge on any atom is -0.359 e. The van der Waals surface area contributed by atoms with E-state index in [0.29, 0.717) is 114 Å². The first-order chi connectivity index (χ1) is 62.7. The minimum atomic E-state index is -0.531. The summed E-state index contributed by atoms with van der Waals surface area (Å²) in [6, 6.07) is 24.7. The van der Waals surface area contributed by atoms with Crippen LogP contribution in [0.2, 0.25) is 0 Å². The van der Waals surface area contributed by atoms with Gasteiger partial charge in [0.15, 0.2) is 23.1 Å². The number of aromatic nitrogens is 4. The van der Waals surface area contributed by atoms with E-state index in [1.807, 2.05) is 38.1 Å². The smallest absolute Gasteiger partial charge is 0.224 e. The molecule has 720 valence electrons. The summed E-state index contributed by atoms with van der Waals surface area (Å²) in [4.78, 5) is 168. The number of hydrogen-bond acceptors (Lipinski definition) is 20. The van der Waals surface area contributed by atoms with Crippen LogP contribution in [0.1, 0.15) is 320 Å². The molecule has 0 aliphatic heterocycles. The van der Waals surface area contributed by atoms with Crippen LogP contribution < -0.4 is 26.6 Å². The average Bonchev–Trinajstić information content (AvgIpc) is 1.69. The highest BCUT2D eigenvalue weighted by Crippen LogP contribution is 2.35. The normalized spacial score (nSPS) is 14.1. The Labute approximate surface area is 802 Å². The van der Waals surface area contributed by atoms with E-state index in [0.717, 1.165) is 93.0 Å². The molecule has 0 bridgehead atoms. The van der Waals surface area contributed by atoms with Crippen LogP contribution in [0.4, 0.5) is 0 Å². The minimum absolute atomic E-state index is 0.0183. The SMILES string of the molecule is C=CC(=O)CC[C@@H](NC(=O)[C@@H](CC(=O)CC)Cc1nc2ccc(C(C)C)cc2s1)[C@@H](C)CC.C=CC(=O)CC[C@@H](NC(=O)[C@@H](CC(=O)CCC)Cc1nc2ccc(C(C)C)cc2s1)[C@@H](C)CC.C=CC(=O)CC[C@@H](NC(=O)[C@@H](CC(=O)NC)Cc1nc2ccc(C(C)C)cc2s1)[C@@H](C)CC.C=CC(=O)CC[C@@H](NC(=O)[C@@H](CC(C)=O)Cc1nc2ccc(C(C)C)cc2s1)[C@@H](C)CC. The molecule has 4 aromatic carbocycles. The van der Waals surface area contributed by atoms with E-state index < -0.39 is 23.7 Å². The van der Waals surface area contributed by atoms with Crippen molar-refractivity contribution in [3.63, 3.8) is 0 Å². The van der Waals surface area contributed by atoms with Crippen molar-refractivity contribution < 1.29 is 57.5 Å².